The minimum atomic E-state index is -3.77. The SMILES string of the molecule is CCN(CC)C(=O)CN1CCCN(c2ccc(S(=O)(=O)N3CCC(C)CC3)cc2[N+](=O)[O-])CC1. The largest absolute Gasteiger partial charge is 0.365 e. The van der Waals surface area contributed by atoms with E-state index >= 15 is 0 Å². The van der Waals surface area contributed by atoms with Crippen LogP contribution in [0.5, 0.6) is 0 Å². The zero-order valence-electron chi connectivity index (χ0n) is 20.5. The zero-order valence-corrected chi connectivity index (χ0v) is 21.3. The van der Waals surface area contributed by atoms with E-state index in [4.69, 9.17) is 0 Å². The van der Waals surface area contributed by atoms with Crippen LogP contribution in [0.1, 0.15) is 40.0 Å². The van der Waals surface area contributed by atoms with Crippen LogP contribution in [-0.2, 0) is 14.8 Å². The Hall–Kier alpha value is -2.24. The Morgan fingerprint density at radius 3 is 2.38 bits per heavy atom. The van der Waals surface area contributed by atoms with Gasteiger partial charge in [0.1, 0.15) is 5.69 Å². The highest BCUT2D eigenvalue weighted by Crippen LogP contribution is 2.33. The van der Waals surface area contributed by atoms with Crippen molar-refractivity contribution >= 4 is 27.3 Å². The van der Waals surface area contributed by atoms with Crippen molar-refractivity contribution in [1.29, 1.82) is 0 Å². The summed E-state index contributed by atoms with van der Waals surface area (Å²) in [6.07, 6.45) is 2.34. The molecule has 34 heavy (non-hydrogen) atoms. The van der Waals surface area contributed by atoms with Crippen LogP contribution in [-0.4, -0.2) is 92.3 Å². The van der Waals surface area contributed by atoms with Crippen molar-refractivity contribution < 1.29 is 18.1 Å². The summed E-state index contributed by atoms with van der Waals surface area (Å²) in [6.45, 7) is 11.1. The average molecular weight is 496 g/mol. The Balaban J connectivity index is 1.76. The number of carbonyl (C=O) groups excluding carboxylic acids is 1. The van der Waals surface area contributed by atoms with Crippen LogP contribution in [0.25, 0.3) is 0 Å². The molecule has 2 heterocycles. The van der Waals surface area contributed by atoms with Gasteiger partial charge in [-0.15, -0.1) is 0 Å². The fourth-order valence-corrected chi connectivity index (χ4v) is 6.18. The number of nitro groups is 1. The number of carbonyl (C=O) groups is 1. The van der Waals surface area contributed by atoms with Gasteiger partial charge >= 0.3 is 0 Å². The molecule has 0 bridgehead atoms. The Bertz CT molecular complexity index is 974. The van der Waals surface area contributed by atoms with Gasteiger partial charge in [0.15, 0.2) is 0 Å². The number of rotatable bonds is 8. The van der Waals surface area contributed by atoms with Crippen molar-refractivity contribution in [2.24, 2.45) is 5.92 Å². The third-order valence-corrected chi connectivity index (χ3v) is 8.82. The van der Waals surface area contributed by atoms with Crippen molar-refractivity contribution in [3.63, 3.8) is 0 Å². The fourth-order valence-electron chi connectivity index (χ4n) is 4.69. The lowest BCUT2D eigenvalue weighted by Gasteiger charge is -2.29. The molecule has 11 heteroatoms. The van der Waals surface area contributed by atoms with Crippen LogP contribution in [0.2, 0.25) is 0 Å². The van der Waals surface area contributed by atoms with Gasteiger partial charge in [0.05, 0.1) is 16.4 Å². The molecule has 0 radical (unpaired) electrons. The minimum absolute atomic E-state index is 0.0289. The summed E-state index contributed by atoms with van der Waals surface area (Å²) in [5, 5.41) is 11.9. The predicted octanol–water partition coefficient (Wildman–Crippen LogP) is 2.40. The number of likely N-dealkylation sites (N-methyl/N-ethyl adjacent to an activating group) is 1. The number of nitrogens with zero attached hydrogens (tertiary/aromatic N) is 5. The lowest BCUT2D eigenvalue weighted by atomic mass is 10.0. The number of nitro benzene ring substituents is 1. The summed E-state index contributed by atoms with van der Waals surface area (Å²) in [6, 6.07) is 4.26. The molecule has 2 fully saturated rings. The standard InChI is InChI=1S/C23H37N5O5S/c1-4-25(5-2)23(29)18-24-11-6-12-26(16-15-24)21-8-7-20(17-22(21)28(30)31)34(32,33)27-13-9-19(3)10-14-27/h7-8,17,19H,4-6,9-16,18H2,1-3H3. The van der Waals surface area contributed by atoms with Crippen molar-refractivity contribution in [1.82, 2.24) is 14.1 Å². The smallest absolute Gasteiger partial charge is 0.293 e. The maximum atomic E-state index is 13.1. The second kappa shape index (κ2) is 11.5. The van der Waals surface area contributed by atoms with E-state index in [0.717, 1.165) is 25.8 Å². The van der Waals surface area contributed by atoms with Crippen LogP contribution < -0.4 is 4.90 Å². The van der Waals surface area contributed by atoms with Crippen molar-refractivity contribution in [2.45, 2.75) is 44.9 Å². The van der Waals surface area contributed by atoms with Gasteiger partial charge in [-0.2, -0.15) is 4.31 Å². The van der Waals surface area contributed by atoms with E-state index < -0.39 is 14.9 Å². The molecule has 2 aliphatic rings. The second-order valence-corrected chi connectivity index (χ2v) is 11.1. The van der Waals surface area contributed by atoms with Crippen LogP contribution in [0, 0.1) is 16.0 Å². The van der Waals surface area contributed by atoms with E-state index in [9.17, 15) is 23.3 Å². The molecule has 0 unspecified atom stereocenters. The highest BCUT2D eigenvalue weighted by Gasteiger charge is 2.31. The molecule has 2 saturated heterocycles. The molecule has 3 rings (SSSR count). The van der Waals surface area contributed by atoms with E-state index in [1.54, 1.807) is 11.0 Å². The lowest BCUT2D eigenvalue weighted by Crippen LogP contribution is -2.41. The second-order valence-electron chi connectivity index (χ2n) is 9.18. The summed E-state index contributed by atoms with van der Waals surface area (Å²) < 4.78 is 27.7. The topological polar surface area (TPSA) is 107 Å². The molecule has 10 nitrogen and oxygen atoms in total. The van der Waals surface area contributed by atoms with Crippen molar-refractivity contribution in [3.8, 4) is 0 Å². The van der Waals surface area contributed by atoms with Gasteiger partial charge < -0.3 is 9.80 Å². The van der Waals surface area contributed by atoms with E-state index in [1.165, 1.54) is 16.4 Å². The third-order valence-electron chi connectivity index (χ3n) is 6.93. The van der Waals surface area contributed by atoms with Crippen molar-refractivity contribution in [2.75, 3.05) is 63.8 Å². The van der Waals surface area contributed by atoms with Gasteiger partial charge in [0.2, 0.25) is 15.9 Å². The van der Waals surface area contributed by atoms with Crippen LogP contribution in [0.15, 0.2) is 23.1 Å². The predicted molar refractivity (Wildman–Crippen MR) is 131 cm³/mol. The Kier molecular flexibility index (Phi) is 8.89. The summed E-state index contributed by atoms with van der Waals surface area (Å²) in [5.74, 6) is 0.569. The average Bonchev–Trinajstić information content (AvgIpc) is 3.05. The summed E-state index contributed by atoms with van der Waals surface area (Å²) in [4.78, 5) is 29.7. The lowest BCUT2D eigenvalue weighted by molar-refractivity contribution is -0.384. The first-order valence-electron chi connectivity index (χ1n) is 12.2. The molecule has 0 saturated carbocycles. The van der Waals surface area contributed by atoms with Gasteiger partial charge in [-0.3, -0.25) is 19.8 Å². The first-order valence-corrected chi connectivity index (χ1v) is 13.6. The van der Waals surface area contributed by atoms with Gasteiger partial charge in [0, 0.05) is 58.4 Å². The van der Waals surface area contributed by atoms with Gasteiger partial charge in [-0.05, 0) is 51.2 Å². The van der Waals surface area contributed by atoms with Crippen LogP contribution in [0.4, 0.5) is 11.4 Å². The highest BCUT2D eigenvalue weighted by molar-refractivity contribution is 7.89. The molecule has 1 aromatic rings. The van der Waals surface area contributed by atoms with Crippen LogP contribution >= 0.6 is 0 Å². The summed E-state index contributed by atoms with van der Waals surface area (Å²) in [5.41, 5.74) is 0.229. The van der Waals surface area contributed by atoms with Gasteiger partial charge in [-0.1, -0.05) is 6.92 Å². The Morgan fingerprint density at radius 2 is 1.76 bits per heavy atom. The monoisotopic (exact) mass is 495 g/mol. The highest BCUT2D eigenvalue weighted by atomic mass is 32.2. The maximum absolute atomic E-state index is 13.1. The Labute approximate surface area is 202 Å². The quantitative estimate of drug-likeness (QED) is 0.403. The molecule has 0 spiro atoms. The first-order chi connectivity index (χ1) is 16.2. The first kappa shape index (κ1) is 26.4. The molecule has 0 aliphatic carbocycles. The number of amides is 1. The molecular weight excluding hydrogens is 458 g/mol. The molecule has 0 aromatic heterocycles. The van der Waals surface area contributed by atoms with Gasteiger partial charge in [0.25, 0.3) is 5.69 Å². The Morgan fingerprint density at radius 1 is 1.09 bits per heavy atom. The zero-order chi connectivity index (χ0) is 24.9. The number of benzene rings is 1. The van der Waals surface area contributed by atoms with Gasteiger partial charge in [-0.25, -0.2) is 8.42 Å². The minimum Gasteiger partial charge on any atom is -0.365 e. The van der Waals surface area contributed by atoms with E-state index in [1.807, 2.05) is 18.7 Å². The molecular formula is C23H37N5O5S. The fraction of sp³-hybridized carbons (Fsp3) is 0.696. The number of anilines is 1. The third kappa shape index (κ3) is 6.05. The van der Waals surface area contributed by atoms with Crippen molar-refractivity contribution in [3.05, 3.63) is 28.3 Å². The molecule has 1 aromatic carbocycles. The molecule has 2 aliphatic heterocycles. The number of piperidine rings is 1. The molecule has 0 atom stereocenters. The summed E-state index contributed by atoms with van der Waals surface area (Å²) >= 11 is 0. The van der Waals surface area contributed by atoms with E-state index in [2.05, 4.69) is 11.8 Å². The maximum Gasteiger partial charge on any atom is 0.293 e. The summed E-state index contributed by atoms with van der Waals surface area (Å²) in [7, 11) is -3.77. The van der Waals surface area contributed by atoms with E-state index in [-0.39, 0.29) is 16.5 Å². The molecule has 0 N–H and O–H groups in total. The molecule has 1 amide bonds. The normalized spacial score (nSPS) is 19.1. The number of hydrogen-bond acceptors (Lipinski definition) is 7. The van der Waals surface area contributed by atoms with E-state index in [0.29, 0.717) is 64.0 Å². The van der Waals surface area contributed by atoms with Crippen LogP contribution in [0.3, 0.4) is 0 Å². The number of hydrogen-bond donors (Lipinski definition) is 0. The number of sulfonamides is 1. The molecule has 190 valence electrons.